The smallest absolute Gasteiger partial charge is 0.413 e. The van der Waals surface area contributed by atoms with Gasteiger partial charge >= 0.3 is 6.09 Å². The van der Waals surface area contributed by atoms with Gasteiger partial charge in [0.15, 0.2) is 5.82 Å². The zero-order chi connectivity index (χ0) is 28.9. The summed E-state index contributed by atoms with van der Waals surface area (Å²) in [6.45, 7) is 14.7. The number of nitriles is 1. The maximum Gasteiger partial charge on any atom is 0.413 e. The Bertz CT molecular complexity index is 1420. The van der Waals surface area contributed by atoms with E-state index in [2.05, 4.69) is 27.5 Å². The van der Waals surface area contributed by atoms with Crippen LogP contribution in [0.15, 0.2) is 35.4 Å². The van der Waals surface area contributed by atoms with E-state index in [4.69, 9.17) is 9.26 Å². The molecule has 1 aromatic carbocycles. The van der Waals surface area contributed by atoms with Crippen LogP contribution < -0.4 is 10.6 Å². The lowest BCUT2D eigenvalue weighted by Gasteiger charge is -2.20. The van der Waals surface area contributed by atoms with Gasteiger partial charge in [-0.05, 0) is 64.3 Å². The molecule has 39 heavy (non-hydrogen) atoms. The fourth-order valence-electron chi connectivity index (χ4n) is 3.78. The lowest BCUT2D eigenvalue weighted by atomic mass is 10.0. The fourth-order valence-corrected chi connectivity index (χ4v) is 3.78. The number of carbonyl (C=O) groups excluding carboxylic acids is 2. The van der Waals surface area contributed by atoms with E-state index in [0.29, 0.717) is 11.3 Å². The van der Waals surface area contributed by atoms with Gasteiger partial charge in [0.25, 0.3) is 0 Å². The summed E-state index contributed by atoms with van der Waals surface area (Å²) < 4.78 is 27.2. The largest absolute Gasteiger partial charge is 0.444 e. The molecule has 0 aliphatic heterocycles. The minimum Gasteiger partial charge on any atom is -0.444 e. The molecule has 0 fully saturated rings. The first-order valence-electron chi connectivity index (χ1n) is 12.6. The van der Waals surface area contributed by atoms with Crippen molar-refractivity contribution in [3.63, 3.8) is 0 Å². The van der Waals surface area contributed by atoms with Crippen LogP contribution in [0.5, 0.6) is 0 Å². The Kier molecular flexibility index (Phi) is 8.91. The van der Waals surface area contributed by atoms with E-state index in [-0.39, 0.29) is 41.0 Å². The average molecular weight is 537 g/mol. The number of anilines is 2. The molecule has 206 valence electrons. The highest BCUT2D eigenvalue weighted by molar-refractivity contribution is 5.91. The highest BCUT2D eigenvalue weighted by atomic mass is 19.1. The Hall–Kier alpha value is -4.46. The summed E-state index contributed by atoms with van der Waals surface area (Å²) in [6, 6.07) is 7.59. The van der Waals surface area contributed by atoms with E-state index in [1.165, 1.54) is 16.8 Å². The Morgan fingerprint density at radius 2 is 1.97 bits per heavy atom. The second-order valence-electron chi connectivity index (χ2n) is 10.3. The Balaban J connectivity index is 1.82. The summed E-state index contributed by atoms with van der Waals surface area (Å²) in [5, 5.41) is 23.4. The second-order valence-corrected chi connectivity index (χ2v) is 10.3. The van der Waals surface area contributed by atoms with Crippen molar-refractivity contribution in [1.82, 2.24) is 14.9 Å². The number of hydrogen-bond donors (Lipinski definition) is 2. The van der Waals surface area contributed by atoms with Crippen molar-refractivity contribution in [2.24, 2.45) is 0 Å². The number of benzene rings is 1. The van der Waals surface area contributed by atoms with Gasteiger partial charge in [0, 0.05) is 17.7 Å². The molecule has 10 nitrogen and oxygen atoms in total. The zero-order valence-corrected chi connectivity index (χ0v) is 23.0. The summed E-state index contributed by atoms with van der Waals surface area (Å²) in [4.78, 5) is 24.9. The third-order valence-corrected chi connectivity index (χ3v) is 5.47. The number of nitrogens with one attached hydrogen (secondary N) is 2. The number of aromatic nitrogens is 3. The monoisotopic (exact) mass is 536 g/mol. The number of halogens is 1. The van der Waals surface area contributed by atoms with E-state index >= 15 is 4.39 Å². The summed E-state index contributed by atoms with van der Waals surface area (Å²) in [6.07, 6.45) is 0.778. The highest BCUT2D eigenvalue weighted by Crippen LogP contribution is 2.33. The molecule has 0 spiro atoms. The molecule has 2 amide bonds. The zero-order valence-electron chi connectivity index (χ0n) is 23.0. The molecule has 3 aromatic rings. The van der Waals surface area contributed by atoms with Gasteiger partial charge in [-0.25, -0.2) is 13.9 Å². The lowest BCUT2D eigenvalue weighted by molar-refractivity contribution is -0.115. The third-order valence-electron chi connectivity index (χ3n) is 5.47. The summed E-state index contributed by atoms with van der Waals surface area (Å²) in [5.74, 6) is -0.816. The number of nitrogens with zero attached hydrogens (tertiary/aromatic N) is 4. The molecule has 0 saturated heterocycles. The van der Waals surface area contributed by atoms with Gasteiger partial charge in [0.1, 0.15) is 34.4 Å². The molecule has 2 heterocycles. The Labute approximate surface area is 226 Å². The van der Waals surface area contributed by atoms with Gasteiger partial charge in [-0.3, -0.25) is 15.4 Å². The molecule has 0 aliphatic carbocycles. The Morgan fingerprint density at radius 1 is 1.26 bits per heavy atom. The van der Waals surface area contributed by atoms with Gasteiger partial charge in [-0.15, -0.1) is 0 Å². The number of hydrogen-bond acceptors (Lipinski definition) is 7. The molecule has 0 unspecified atom stereocenters. The van der Waals surface area contributed by atoms with Crippen molar-refractivity contribution >= 4 is 29.3 Å². The SMILES string of the molecule is C=C(CCC)c1cc(NC(=O)Cc2ccc(-c3nn(C(C)C)c(NC(=O)OC(C)(C)C)c3C#N)c(F)c2)on1. The van der Waals surface area contributed by atoms with E-state index < -0.39 is 23.4 Å². The fraction of sp³-hybridized carbons (Fsp3) is 0.393. The molecule has 0 saturated carbocycles. The molecule has 11 heteroatoms. The highest BCUT2D eigenvalue weighted by Gasteiger charge is 2.26. The van der Waals surface area contributed by atoms with Crippen LogP contribution in [-0.2, 0) is 16.0 Å². The van der Waals surface area contributed by atoms with Gasteiger partial charge in [0.2, 0.25) is 11.8 Å². The molecular formula is C28H33FN6O4. The normalized spacial score (nSPS) is 11.3. The van der Waals surface area contributed by atoms with Crippen molar-refractivity contribution in [3.05, 3.63) is 53.5 Å². The molecule has 0 atom stereocenters. The number of allylic oxidation sites excluding steroid dienone is 1. The quantitative estimate of drug-likeness (QED) is 0.320. The van der Waals surface area contributed by atoms with Crippen molar-refractivity contribution in [3.8, 4) is 17.3 Å². The first kappa shape index (κ1) is 29.1. The number of ether oxygens (including phenoxy) is 1. The molecule has 2 N–H and O–H groups in total. The standard InChI is InChI=1S/C28H33FN6O4/c1-8-9-17(4)22-14-24(39-34-22)31-23(36)13-18-10-11-19(21(29)12-18)25-20(15-30)26(35(33-25)16(2)3)32-27(37)38-28(5,6)7/h10-12,14,16H,4,8-9,13H2,1-3,5-7H3,(H,31,36)(H,32,37). The minimum absolute atomic E-state index is 0.00950. The minimum atomic E-state index is -0.761. The summed E-state index contributed by atoms with van der Waals surface area (Å²) in [5.41, 5.74) is 1.12. The van der Waals surface area contributed by atoms with Crippen LogP contribution in [0.25, 0.3) is 16.8 Å². The van der Waals surface area contributed by atoms with Crippen LogP contribution >= 0.6 is 0 Å². The first-order valence-corrected chi connectivity index (χ1v) is 12.6. The van der Waals surface area contributed by atoms with Crippen molar-refractivity contribution < 1.29 is 23.2 Å². The predicted octanol–water partition coefficient (Wildman–Crippen LogP) is 6.47. The van der Waals surface area contributed by atoms with Gasteiger partial charge in [-0.2, -0.15) is 10.4 Å². The van der Waals surface area contributed by atoms with Crippen LogP contribution in [0.3, 0.4) is 0 Å². The van der Waals surface area contributed by atoms with E-state index in [1.807, 2.05) is 26.8 Å². The average Bonchev–Trinajstić information content (AvgIpc) is 3.42. The second kappa shape index (κ2) is 11.9. The van der Waals surface area contributed by atoms with Crippen molar-refractivity contribution in [1.29, 1.82) is 5.26 Å². The van der Waals surface area contributed by atoms with Crippen molar-refractivity contribution in [2.75, 3.05) is 10.6 Å². The third kappa shape index (κ3) is 7.31. The van der Waals surface area contributed by atoms with Gasteiger partial charge < -0.3 is 9.26 Å². The van der Waals surface area contributed by atoms with Gasteiger partial charge in [-0.1, -0.05) is 31.1 Å². The van der Waals surface area contributed by atoms with E-state index in [0.717, 1.165) is 18.4 Å². The van der Waals surface area contributed by atoms with Crippen molar-refractivity contribution in [2.45, 2.75) is 72.4 Å². The molecule has 0 aliphatic rings. The molecule has 0 radical (unpaired) electrons. The maximum absolute atomic E-state index is 15.3. The number of amides is 2. The van der Waals surface area contributed by atoms with Crippen LogP contribution in [0.4, 0.5) is 20.9 Å². The molecular weight excluding hydrogens is 503 g/mol. The van der Waals surface area contributed by atoms with Crippen LogP contribution in [0.2, 0.25) is 0 Å². The predicted molar refractivity (Wildman–Crippen MR) is 145 cm³/mol. The summed E-state index contributed by atoms with van der Waals surface area (Å²) in [7, 11) is 0. The lowest BCUT2D eigenvalue weighted by Crippen LogP contribution is -2.28. The van der Waals surface area contributed by atoms with Crippen LogP contribution in [-0.4, -0.2) is 32.5 Å². The number of rotatable bonds is 9. The Morgan fingerprint density at radius 3 is 2.56 bits per heavy atom. The van der Waals surface area contributed by atoms with Gasteiger partial charge in [0.05, 0.1) is 6.42 Å². The van der Waals surface area contributed by atoms with Crippen LogP contribution in [0, 0.1) is 17.1 Å². The maximum atomic E-state index is 15.3. The first-order chi connectivity index (χ1) is 18.3. The topological polar surface area (TPSA) is 135 Å². The summed E-state index contributed by atoms with van der Waals surface area (Å²) >= 11 is 0. The van der Waals surface area contributed by atoms with E-state index in [9.17, 15) is 14.9 Å². The van der Waals surface area contributed by atoms with Crippen LogP contribution in [0.1, 0.15) is 77.2 Å². The number of carbonyl (C=O) groups is 2. The molecule has 2 aromatic heterocycles. The van der Waals surface area contributed by atoms with E-state index in [1.54, 1.807) is 32.9 Å². The molecule has 0 bridgehead atoms. The molecule has 3 rings (SSSR count).